The van der Waals surface area contributed by atoms with Gasteiger partial charge in [0.2, 0.25) is 5.78 Å². The van der Waals surface area contributed by atoms with E-state index in [2.05, 4.69) is 5.32 Å². The molecule has 1 amide bonds. The van der Waals surface area contributed by atoms with Crippen molar-refractivity contribution in [2.75, 3.05) is 11.9 Å². The number of Topliss-reactive ketones (excluding diaryl/α,β-unsaturated/α-hetero) is 1. The molecule has 0 radical (unpaired) electrons. The number of nitrogens with one attached hydrogen (secondary N) is 1. The Balaban J connectivity index is 1.82. The van der Waals surface area contributed by atoms with Crippen LogP contribution in [0.15, 0.2) is 54.6 Å². The number of amides is 1. The first kappa shape index (κ1) is 22.6. The summed E-state index contributed by atoms with van der Waals surface area (Å²) in [5.41, 5.74) is 1.31. The average molecular weight is 464 g/mol. The summed E-state index contributed by atoms with van der Waals surface area (Å²) < 4.78 is 19.2. The molecule has 31 heavy (non-hydrogen) atoms. The number of benzene rings is 3. The zero-order valence-corrected chi connectivity index (χ0v) is 17.4. The minimum absolute atomic E-state index is 0.0143. The number of phenolic OH excluding ortho intramolecular Hbond substituents is 1. The first-order valence-corrected chi connectivity index (χ1v) is 9.70. The number of carbonyl (C=O) groups excluding carboxylic acids is 2. The number of ketones is 1. The van der Waals surface area contributed by atoms with Crippen LogP contribution in [-0.2, 0) is 16.0 Å². The van der Waals surface area contributed by atoms with Crippen LogP contribution >= 0.6 is 23.2 Å². The van der Waals surface area contributed by atoms with Crippen molar-refractivity contribution in [3.63, 3.8) is 0 Å². The van der Waals surface area contributed by atoms with Crippen molar-refractivity contribution >= 4 is 40.6 Å². The number of halogens is 3. The van der Waals surface area contributed by atoms with Crippen LogP contribution in [0.1, 0.15) is 11.1 Å². The number of carbonyl (C=O) groups is 2. The van der Waals surface area contributed by atoms with Gasteiger partial charge in [-0.3, -0.25) is 9.59 Å². The second kappa shape index (κ2) is 9.78. The molecule has 0 fully saturated rings. The van der Waals surface area contributed by atoms with E-state index < -0.39 is 18.3 Å². The summed E-state index contributed by atoms with van der Waals surface area (Å²) in [5.74, 6) is -1.97. The summed E-state index contributed by atoms with van der Waals surface area (Å²) in [6, 6.07) is 13.2. The first-order valence-electron chi connectivity index (χ1n) is 8.95. The molecule has 0 atom stereocenters. The Labute approximate surface area is 186 Å². The zero-order chi connectivity index (χ0) is 22.5. The third-order valence-electron chi connectivity index (χ3n) is 4.21. The van der Waals surface area contributed by atoms with Crippen molar-refractivity contribution in [2.45, 2.75) is 6.42 Å². The van der Waals surface area contributed by atoms with Crippen LogP contribution in [0, 0.1) is 5.82 Å². The van der Waals surface area contributed by atoms with Crippen LogP contribution in [0.5, 0.6) is 17.2 Å². The van der Waals surface area contributed by atoms with Crippen molar-refractivity contribution in [3.05, 3.63) is 81.6 Å². The molecule has 3 N–H and O–H groups in total. The molecule has 160 valence electrons. The topological polar surface area (TPSA) is 95.9 Å². The van der Waals surface area contributed by atoms with E-state index in [0.29, 0.717) is 16.9 Å². The number of hydrogen-bond donors (Lipinski definition) is 3. The second-order valence-electron chi connectivity index (χ2n) is 6.50. The Morgan fingerprint density at radius 1 is 1.03 bits per heavy atom. The van der Waals surface area contributed by atoms with Crippen molar-refractivity contribution in [1.82, 2.24) is 0 Å². The molecule has 0 spiro atoms. The number of anilines is 1. The number of phenols is 1. The van der Waals surface area contributed by atoms with Crippen LogP contribution in [-0.4, -0.2) is 28.5 Å². The predicted octanol–water partition coefficient (Wildman–Crippen LogP) is 4.72. The number of hydrogen-bond acceptors (Lipinski definition) is 5. The van der Waals surface area contributed by atoms with E-state index in [9.17, 15) is 19.1 Å². The van der Waals surface area contributed by atoms with E-state index >= 15 is 0 Å². The molecule has 3 rings (SSSR count). The average Bonchev–Trinajstić information content (AvgIpc) is 2.72. The summed E-state index contributed by atoms with van der Waals surface area (Å²) in [6.45, 7) is -0.923. The molecule has 0 unspecified atom stereocenters. The van der Waals surface area contributed by atoms with Crippen molar-refractivity contribution < 1.29 is 28.9 Å². The molecular formula is C22H16Cl2FNO5. The lowest BCUT2D eigenvalue weighted by molar-refractivity contribution is -0.136. The molecule has 3 aromatic rings. The zero-order valence-electron chi connectivity index (χ0n) is 15.9. The van der Waals surface area contributed by atoms with Gasteiger partial charge in [0.1, 0.15) is 23.9 Å². The molecule has 0 saturated heterocycles. The Bertz CT molecular complexity index is 1130. The Hall–Kier alpha value is -3.13. The summed E-state index contributed by atoms with van der Waals surface area (Å²) >= 11 is 12.4. The van der Waals surface area contributed by atoms with Crippen LogP contribution in [0.2, 0.25) is 10.0 Å². The Kier molecular flexibility index (Phi) is 7.12. The minimum atomic E-state index is -1.01. The summed E-state index contributed by atoms with van der Waals surface area (Å²) in [5, 5.41) is 21.3. The van der Waals surface area contributed by atoms with Gasteiger partial charge in [0.15, 0.2) is 5.75 Å². The van der Waals surface area contributed by atoms with Crippen molar-refractivity contribution in [1.29, 1.82) is 0 Å². The number of aliphatic hydroxyl groups is 1. The van der Waals surface area contributed by atoms with Crippen LogP contribution in [0.25, 0.3) is 0 Å². The van der Waals surface area contributed by atoms with Crippen LogP contribution in [0.3, 0.4) is 0 Å². The van der Waals surface area contributed by atoms with E-state index in [1.54, 1.807) is 18.2 Å². The van der Waals surface area contributed by atoms with Crippen LogP contribution in [0.4, 0.5) is 10.1 Å². The molecular weight excluding hydrogens is 448 g/mol. The Morgan fingerprint density at radius 3 is 2.39 bits per heavy atom. The molecule has 0 saturated carbocycles. The molecule has 9 heteroatoms. The third kappa shape index (κ3) is 5.73. The second-order valence-corrected chi connectivity index (χ2v) is 7.32. The van der Waals surface area contributed by atoms with E-state index in [0.717, 1.165) is 0 Å². The molecule has 0 aliphatic rings. The maximum atomic E-state index is 13.4. The quantitative estimate of drug-likeness (QED) is 0.440. The highest BCUT2D eigenvalue weighted by Gasteiger charge is 2.16. The number of ether oxygens (including phenoxy) is 1. The highest BCUT2D eigenvalue weighted by Crippen LogP contribution is 2.39. The van der Waals surface area contributed by atoms with Gasteiger partial charge < -0.3 is 20.3 Å². The first-order chi connectivity index (χ1) is 14.8. The van der Waals surface area contributed by atoms with Gasteiger partial charge >= 0.3 is 0 Å². The molecule has 3 aromatic carbocycles. The van der Waals surface area contributed by atoms with Gasteiger partial charge in [0.25, 0.3) is 5.91 Å². The summed E-state index contributed by atoms with van der Waals surface area (Å²) in [6.07, 6.45) is 0.270. The normalized spacial score (nSPS) is 10.6. The lowest BCUT2D eigenvalue weighted by Gasteiger charge is -2.13. The maximum Gasteiger partial charge on any atom is 0.294 e. The number of rotatable bonds is 7. The minimum Gasteiger partial charge on any atom is -0.508 e. The van der Waals surface area contributed by atoms with Gasteiger partial charge in [-0.25, -0.2) is 4.39 Å². The van der Waals surface area contributed by atoms with Crippen molar-refractivity contribution in [2.24, 2.45) is 0 Å². The predicted molar refractivity (Wildman–Crippen MR) is 115 cm³/mol. The highest BCUT2D eigenvalue weighted by atomic mass is 35.5. The molecule has 0 bridgehead atoms. The molecule has 0 aromatic heterocycles. The standard InChI is InChI=1S/C22H16Cl2FNO5/c23-17-9-15(26-22(30)20(29)11-27)10-18(24)21(17)31-16-4-5-19(28)13(8-16)6-12-2-1-3-14(25)7-12/h1-5,7-10,27-28H,6,11H2,(H,26,30). The van der Waals surface area contributed by atoms with E-state index in [1.807, 2.05) is 0 Å². The maximum absolute atomic E-state index is 13.4. The smallest absolute Gasteiger partial charge is 0.294 e. The van der Waals surface area contributed by atoms with Gasteiger partial charge in [0, 0.05) is 17.7 Å². The van der Waals surface area contributed by atoms with Gasteiger partial charge in [-0.2, -0.15) is 0 Å². The van der Waals surface area contributed by atoms with E-state index in [-0.39, 0.29) is 39.5 Å². The number of aromatic hydroxyl groups is 1. The van der Waals surface area contributed by atoms with Gasteiger partial charge in [-0.1, -0.05) is 35.3 Å². The number of aliphatic hydroxyl groups excluding tert-OH is 1. The summed E-state index contributed by atoms with van der Waals surface area (Å²) in [7, 11) is 0. The van der Waals surface area contributed by atoms with Gasteiger partial charge in [-0.15, -0.1) is 0 Å². The third-order valence-corrected chi connectivity index (χ3v) is 4.77. The van der Waals surface area contributed by atoms with Crippen LogP contribution < -0.4 is 10.1 Å². The lowest BCUT2D eigenvalue weighted by atomic mass is 10.0. The lowest BCUT2D eigenvalue weighted by Crippen LogP contribution is -2.25. The monoisotopic (exact) mass is 463 g/mol. The Morgan fingerprint density at radius 2 is 1.74 bits per heavy atom. The fraction of sp³-hybridized carbons (Fsp3) is 0.0909. The fourth-order valence-electron chi connectivity index (χ4n) is 2.75. The summed E-state index contributed by atoms with van der Waals surface area (Å²) in [4.78, 5) is 22.8. The highest BCUT2D eigenvalue weighted by molar-refractivity contribution is 6.42. The van der Waals surface area contributed by atoms with Gasteiger partial charge in [0.05, 0.1) is 10.0 Å². The molecule has 0 aliphatic carbocycles. The largest absolute Gasteiger partial charge is 0.508 e. The molecule has 0 aliphatic heterocycles. The van der Waals surface area contributed by atoms with E-state index in [1.165, 1.54) is 36.4 Å². The molecule has 6 nitrogen and oxygen atoms in total. The fourth-order valence-corrected chi connectivity index (χ4v) is 3.32. The SMILES string of the molecule is O=C(CO)C(=O)Nc1cc(Cl)c(Oc2ccc(O)c(Cc3cccc(F)c3)c2)c(Cl)c1. The van der Waals surface area contributed by atoms with Gasteiger partial charge in [-0.05, 0) is 48.0 Å². The van der Waals surface area contributed by atoms with E-state index in [4.69, 9.17) is 33.0 Å². The molecule has 0 heterocycles. The van der Waals surface area contributed by atoms with Crippen molar-refractivity contribution in [3.8, 4) is 17.2 Å².